The number of hydrogen-bond donors (Lipinski definition) is 1. The van der Waals surface area contributed by atoms with Crippen LogP contribution in [0.15, 0.2) is 12.1 Å². The van der Waals surface area contributed by atoms with Crippen LogP contribution in [0.3, 0.4) is 0 Å². The van der Waals surface area contributed by atoms with E-state index in [4.69, 9.17) is 0 Å². The highest BCUT2D eigenvalue weighted by Crippen LogP contribution is 2.19. The highest BCUT2D eigenvalue weighted by atomic mass is 32.1. The third kappa shape index (κ3) is 6.07. The number of thiophene rings is 1. The van der Waals surface area contributed by atoms with Gasteiger partial charge in [-0.3, -0.25) is 0 Å². The average molecular weight is 282 g/mol. The Labute approximate surface area is 123 Å². The van der Waals surface area contributed by atoms with Crippen LogP contribution in [0.1, 0.15) is 43.9 Å². The zero-order valence-corrected chi connectivity index (χ0v) is 13.9. The fraction of sp³-hybridized carbons (Fsp3) is 0.750. The third-order valence-electron chi connectivity index (χ3n) is 3.69. The molecule has 0 saturated heterocycles. The van der Waals surface area contributed by atoms with Gasteiger partial charge in [-0.15, -0.1) is 11.3 Å². The SMILES string of the molecule is CCNC(CCN(CC)CC)Cc1ccc(CC)s1. The number of likely N-dealkylation sites (N-methyl/N-ethyl adjacent to an activating group) is 1. The topological polar surface area (TPSA) is 15.3 Å². The van der Waals surface area contributed by atoms with Crippen molar-refractivity contribution >= 4 is 11.3 Å². The van der Waals surface area contributed by atoms with Gasteiger partial charge >= 0.3 is 0 Å². The summed E-state index contributed by atoms with van der Waals surface area (Å²) in [5.74, 6) is 0. The second kappa shape index (κ2) is 9.51. The van der Waals surface area contributed by atoms with E-state index in [-0.39, 0.29) is 0 Å². The van der Waals surface area contributed by atoms with Crippen LogP contribution in [0.25, 0.3) is 0 Å². The summed E-state index contributed by atoms with van der Waals surface area (Å²) < 4.78 is 0. The van der Waals surface area contributed by atoms with Crippen LogP contribution < -0.4 is 5.32 Å². The summed E-state index contributed by atoms with van der Waals surface area (Å²) in [5.41, 5.74) is 0. The van der Waals surface area contributed by atoms with E-state index in [9.17, 15) is 0 Å². The number of hydrogen-bond acceptors (Lipinski definition) is 3. The van der Waals surface area contributed by atoms with Crippen molar-refractivity contribution in [2.45, 2.75) is 53.0 Å². The van der Waals surface area contributed by atoms with Crippen molar-refractivity contribution in [1.82, 2.24) is 10.2 Å². The van der Waals surface area contributed by atoms with Gasteiger partial charge in [0, 0.05) is 15.8 Å². The number of nitrogens with zero attached hydrogens (tertiary/aromatic N) is 1. The first kappa shape index (κ1) is 16.7. The van der Waals surface area contributed by atoms with Crippen LogP contribution in [-0.4, -0.2) is 37.1 Å². The molecule has 110 valence electrons. The van der Waals surface area contributed by atoms with Crippen molar-refractivity contribution in [1.29, 1.82) is 0 Å². The Balaban J connectivity index is 2.47. The lowest BCUT2D eigenvalue weighted by Crippen LogP contribution is -2.35. The third-order valence-corrected chi connectivity index (χ3v) is 4.95. The molecule has 0 aliphatic carbocycles. The quantitative estimate of drug-likeness (QED) is 0.706. The molecular weight excluding hydrogens is 252 g/mol. The lowest BCUT2D eigenvalue weighted by Gasteiger charge is -2.23. The lowest BCUT2D eigenvalue weighted by molar-refractivity contribution is 0.281. The van der Waals surface area contributed by atoms with E-state index in [1.807, 2.05) is 11.3 Å². The van der Waals surface area contributed by atoms with Gasteiger partial charge in [0.15, 0.2) is 0 Å². The highest BCUT2D eigenvalue weighted by molar-refractivity contribution is 7.11. The van der Waals surface area contributed by atoms with Gasteiger partial charge in [0.05, 0.1) is 0 Å². The van der Waals surface area contributed by atoms with Crippen molar-refractivity contribution in [3.8, 4) is 0 Å². The Kier molecular flexibility index (Phi) is 8.35. The molecule has 1 unspecified atom stereocenters. The summed E-state index contributed by atoms with van der Waals surface area (Å²) in [6.07, 6.45) is 3.59. The fourth-order valence-electron chi connectivity index (χ4n) is 2.41. The van der Waals surface area contributed by atoms with Crippen molar-refractivity contribution in [3.63, 3.8) is 0 Å². The zero-order valence-electron chi connectivity index (χ0n) is 13.0. The first-order valence-electron chi connectivity index (χ1n) is 7.76. The molecule has 1 aromatic rings. The largest absolute Gasteiger partial charge is 0.314 e. The predicted octanol–water partition coefficient (Wildman–Crippen LogP) is 3.56. The molecule has 1 N–H and O–H groups in total. The summed E-state index contributed by atoms with van der Waals surface area (Å²) in [6, 6.07) is 5.22. The van der Waals surface area contributed by atoms with Gasteiger partial charge in [0.2, 0.25) is 0 Å². The Morgan fingerprint density at radius 2 is 1.79 bits per heavy atom. The Bertz CT molecular complexity index is 331. The molecule has 0 fully saturated rings. The van der Waals surface area contributed by atoms with Crippen molar-refractivity contribution in [2.75, 3.05) is 26.2 Å². The summed E-state index contributed by atoms with van der Waals surface area (Å²) in [6.45, 7) is 13.5. The molecule has 1 atom stereocenters. The molecule has 19 heavy (non-hydrogen) atoms. The van der Waals surface area contributed by atoms with Crippen molar-refractivity contribution in [2.24, 2.45) is 0 Å². The van der Waals surface area contributed by atoms with Crippen molar-refractivity contribution < 1.29 is 0 Å². The van der Waals surface area contributed by atoms with Gasteiger partial charge in [-0.2, -0.15) is 0 Å². The smallest absolute Gasteiger partial charge is 0.0127 e. The summed E-state index contributed by atoms with van der Waals surface area (Å²) in [5, 5.41) is 3.64. The molecule has 0 aliphatic rings. The molecule has 3 heteroatoms. The van der Waals surface area contributed by atoms with E-state index in [2.05, 4.69) is 50.0 Å². The number of aryl methyl sites for hydroxylation is 1. The molecule has 2 nitrogen and oxygen atoms in total. The maximum Gasteiger partial charge on any atom is 0.0127 e. The van der Waals surface area contributed by atoms with Gasteiger partial charge in [-0.25, -0.2) is 0 Å². The molecule has 0 spiro atoms. The van der Waals surface area contributed by atoms with Crippen LogP contribution in [0.4, 0.5) is 0 Å². The molecule has 0 saturated carbocycles. The predicted molar refractivity (Wildman–Crippen MR) is 87.3 cm³/mol. The molecule has 1 aromatic heterocycles. The van der Waals surface area contributed by atoms with E-state index in [0.29, 0.717) is 6.04 Å². The number of nitrogens with one attached hydrogen (secondary N) is 1. The Hall–Kier alpha value is -0.380. The molecule has 0 radical (unpaired) electrons. The monoisotopic (exact) mass is 282 g/mol. The standard InChI is InChI=1S/C16H30N2S/c1-5-15-9-10-16(19-15)13-14(17-6-2)11-12-18(7-3)8-4/h9-10,14,17H,5-8,11-13H2,1-4H3. The van der Waals surface area contributed by atoms with E-state index < -0.39 is 0 Å². The van der Waals surface area contributed by atoms with Crippen LogP contribution in [-0.2, 0) is 12.8 Å². The van der Waals surface area contributed by atoms with E-state index in [0.717, 1.165) is 26.1 Å². The average Bonchev–Trinajstić information content (AvgIpc) is 2.87. The Morgan fingerprint density at radius 3 is 2.32 bits per heavy atom. The minimum absolute atomic E-state index is 0.619. The van der Waals surface area contributed by atoms with Crippen molar-refractivity contribution in [3.05, 3.63) is 21.9 Å². The van der Waals surface area contributed by atoms with E-state index >= 15 is 0 Å². The van der Waals surface area contributed by atoms with Gasteiger partial charge < -0.3 is 10.2 Å². The summed E-state index contributed by atoms with van der Waals surface area (Å²) in [4.78, 5) is 5.55. The van der Waals surface area contributed by atoms with Gasteiger partial charge in [-0.1, -0.05) is 27.7 Å². The summed E-state index contributed by atoms with van der Waals surface area (Å²) >= 11 is 1.98. The maximum absolute atomic E-state index is 3.64. The second-order valence-electron chi connectivity index (χ2n) is 5.00. The molecule has 1 heterocycles. The first-order chi connectivity index (χ1) is 9.23. The van der Waals surface area contributed by atoms with Gasteiger partial charge in [0.25, 0.3) is 0 Å². The molecule has 0 aliphatic heterocycles. The molecule has 1 rings (SSSR count). The number of rotatable bonds is 10. The minimum atomic E-state index is 0.619. The van der Waals surface area contributed by atoms with E-state index in [1.54, 1.807) is 0 Å². The molecule has 0 aromatic carbocycles. The first-order valence-corrected chi connectivity index (χ1v) is 8.58. The maximum atomic E-state index is 3.64. The fourth-order valence-corrected chi connectivity index (χ4v) is 3.45. The van der Waals surface area contributed by atoms with Crippen LogP contribution in [0.5, 0.6) is 0 Å². The van der Waals surface area contributed by atoms with Gasteiger partial charge in [0.1, 0.15) is 0 Å². The lowest BCUT2D eigenvalue weighted by atomic mass is 10.1. The van der Waals surface area contributed by atoms with E-state index in [1.165, 1.54) is 29.1 Å². The molecular formula is C16H30N2S. The minimum Gasteiger partial charge on any atom is -0.314 e. The van der Waals surface area contributed by atoms with Crippen LogP contribution >= 0.6 is 11.3 Å². The zero-order chi connectivity index (χ0) is 14.1. The second-order valence-corrected chi connectivity index (χ2v) is 6.25. The Morgan fingerprint density at radius 1 is 1.11 bits per heavy atom. The molecule has 0 bridgehead atoms. The highest BCUT2D eigenvalue weighted by Gasteiger charge is 2.11. The normalized spacial score (nSPS) is 13.1. The van der Waals surface area contributed by atoms with Gasteiger partial charge in [-0.05, 0) is 57.6 Å². The van der Waals surface area contributed by atoms with Crippen LogP contribution in [0.2, 0.25) is 0 Å². The van der Waals surface area contributed by atoms with Crippen LogP contribution in [0, 0.1) is 0 Å². The summed E-state index contributed by atoms with van der Waals surface area (Å²) in [7, 11) is 0. The molecule has 0 amide bonds.